The molecule has 4 N–H and O–H groups in total. The van der Waals surface area contributed by atoms with E-state index in [1.807, 2.05) is 71.5 Å². The topological polar surface area (TPSA) is 102 Å². The molecule has 0 aliphatic rings. The normalized spacial score (nSPS) is 11.2. The Hall–Kier alpha value is -3.53. The number of nitrogens with zero attached hydrogens (tertiary/aromatic N) is 2. The van der Waals surface area contributed by atoms with Gasteiger partial charge in [-0.15, -0.1) is 0 Å². The highest BCUT2D eigenvalue weighted by molar-refractivity contribution is 7.89. The van der Waals surface area contributed by atoms with E-state index >= 15 is 0 Å². The molecule has 4 rings (SSSR count). The van der Waals surface area contributed by atoms with Crippen molar-refractivity contribution in [3.05, 3.63) is 96.7 Å². The third-order valence-electron chi connectivity index (χ3n) is 4.74. The van der Waals surface area contributed by atoms with Crippen LogP contribution in [-0.2, 0) is 16.6 Å². The van der Waals surface area contributed by atoms with Gasteiger partial charge >= 0.3 is 0 Å². The first-order valence-electron chi connectivity index (χ1n) is 9.77. The number of sulfonamides is 1. The molecule has 0 aliphatic carbocycles. The van der Waals surface area contributed by atoms with Gasteiger partial charge in [0.05, 0.1) is 16.3 Å². The first-order valence-corrected chi connectivity index (χ1v) is 11.7. The van der Waals surface area contributed by atoms with Crippen LogP contribution in [-0.4, -0.2) is 23.3 Å². The maximum atomic E-state index is 11.4. The van der Waals surface area contributed by atoms with Crippen LogP contribution < -0.4 is 15.8 Å². The van der Waals surface area contributed by atoms with Gasteiger partial charge in [0.25, 0.3) is 0 Å². The summed E-state index contributed by atoms with van der Waals surface area (Å²) in [7, 11) is -3.73. The van der Waals surface area contributed by atoms with Crippen molar-refractivity contribution >= 4 is 33.0 Å². The van der Waals surface area contributed by atoms with Gasteiger partial charge in [-0.2, -0.15) is 5.10 Å². The maximum Gasteiger partial charge on any atom is 0.238 e. The molecular weight excluding hydrogens is 442 g/mol. The highest BCUT2D eigenvalue weighted by Crippen LogP contribution is 2.23. The molecule has 3 aromatic carbocycles. The van der Waals surface area contributed by atoms with E-state index in [0.717, 1.165) is 22.5 Å². The van der Waals surface area contributed by atoms with Crippen LogP contribution in [0.15, 0.2) is 96.0 Å². The molecule has 7 nitrogen and oxygen atoms in total. The largest absolute Gasteiger partial charge is 0.358 e. The van der Waals surface area contributed by atoms with Crippen LogP contribution in [0.2, 0.25) is 0 Å². The Bertz CT molecular complexity index is 1320. The summed E-state index contributed by atoms with van der Waals surface area (Å²) in [6.07, 6.45) is 1.98. The average Bonchev–Trinajstić information content (AvgIpc) is 3.23. The fourth-order valence-electron chi connectivity index (χ4n) is 3.17. The molecule has 0 bridgehead atoms. The van der Waals surface area contributed by atoms with E-state index in [-0.39, 0.29) is 4.90 Å². The zero-order valence-corrected chi connectivity index (χ0v) is 18.6. The third-order valence-corrected chi connectivity index (χ3v) is 5.91. The number of hydrogen-bond donors (Lipinski definition) is 3. The molecule has 0 aliphatic heterocycles. The Kier molecular flexibility index (Phi) is 6.31. The summed E-state index contributed by atoms with van der Waals surface area (Å²) in [5, 5.41) is 16.6. The number of rotatable bonds is 6. The number of thiocarbonyl (C=S) groups is 1. The predicted octanol–water partition coefficient (Wildman–Crippen LogP) is 3.67. The molecule has 0 saturated heterocycles. The molecule has 0 spiro atoms. The van der Waals surface area contributed by atoms with Crippen LogP contribution in [0.4, 0.5) is 5.69 Å². The van der Waals surface area contributed by atoms with Crippen LogP contribution in [0.3, 0.4) is 0 Å². The number of aromatic nitrogens is 2. The monoisotopic (exact) mass is 463 g/mol. The highest BCUT2D eigenvalue weighted by atomic mass is 32.2. The van der Waals surface area contributed by atoms with Gasteiger partial charge in [0.1, 0.15) is 0 Å². The molecule has 0 unspecified atom stereocenters. The van der Waals surface area contributed by atoms with Crippen molar-refractivity contribution in [2.24, 2.45) is 5.14 Å². The summed E-state index contributed by atoms with van der Waals surface area (Å²) in [6.45, 7) is 0.457. The molecule has 162 valence electrons. The number of hydrogen-bond acceptors (Lipinski definition) is 4. The second kappa shape index (κ2) is 9.31. The van der Waals surface area contributed by atoms with E-state index in [4.69, 9.17) is 22.5 Å². The van der Waals surface area contributed by atoms with Crippen molar-refractivity contribution in [1.29, 1.82) is 0 Å². The molecular formula is C23H21N5O2S2. The minimum atomic E-state index is -3.73. The first-order chi connectivity index (χ1) is 15.4. The fraction of sp³-hybridized carbons (Fsp3) is 0.0435. The van der Waals surface area contributed by atoms with Crippen LogP contribution in [0, 0.1) is 0 Å². The van der Waals surface area contributed by atoms with E-state index in [1.54, 1.807) is 12.1 Å². The number of para-hydroxylation sites is 1. The number of nitrogens with two attached hydrogens (primary N) is 1. The fourth-order valence-corrected chi connectivity index (χ4v) is 3.88. The summed E-state index contributed by atoms with van der Waals surface area (Å²) < 4.78 is 24.6. The quantitative estimate of drug-likeness (QED) is 0.377. The van der Waals surface area contributed by atoms with Crippen LogP contribution in [0.1, 0.15) is 5.56 Å². The lowest BCUT2D eigenvalue weighted by atomic mass is 10.1. The standard InChI is InChI=1S/C23H21N5O2S2/c24-32(29,30)21-13-11-19(12-14-21)26-23(31)25-15-18-16-28(20-9-5-2-6-10-20)27-22(18)17-7-3-1-4-8-17/h1-14,16H,15H2,(H2,24,29,30)(H2,25,26,31). The van der Waals surface area contributed by atoms with Crippen molar-refractivity contribution in [2.45, 2.75) is 11.4 Å². The average molecular weight is 464 g/mol. The Morgan fingerprint density at radius 2 is 1.56 bits per heavy atom. The van der Waals surface area contributed by atoms with E-state index in [0.29, 0.717) is 17.3 Å². The lowest BCUT2D eigenvalue weighted by Gasteiger charge is -2.11. The Morgan fingerprint density at radius 3 is 2.19 bits per heavy atom. The number of benzene rings is 3. The summed E-state index contributed by atoms with van der Waals surface area (Å²) in [6, 6.07) is 25.9. The molecule has 0 saturated carbocycles. The minimum absolute atomic E-state index is 0.0442. The number of anilines is 1. The lowest BCUT2D eigenvalue weighted by Crippen LogP contribution is -2.28. The van der Waals surface area contributed by atoms with Gasteiger partial charge in [-0.1, -0.05) is 48.5 Å². The third kappa shape index (κ3) is 5.20. The van der Waals surface area contributed by atoms with Crippen molar-refractivity contribution in [3.63, 3.8) is 0 Å². The van der Waals surface area contributed by atoms with Gasteiger partial charge in [-0.25, -0.2) is 18.2 Å². The second-order valence-electron chi connectivity index (χ2n) is 7.03. The number of primary sulfonamides is 1. The minimum Gasteiger partial charge on any atom is -0.358 e. The van der Waals surface area contributed by atoms with E-state index < -0.39 is 10.0 Å². The van der Waals surface area contributed by atoms with Gasteiger partial charge in [-0.3, -0.25) is 0 Å². The molecule has 0 atom stereocenters. The van der Waals surface area contributed by atoms with Crippen LogP contribution >= 0.6 is 12.2 Å². The Balaban J connectivity index is 1.51. The smallest absolute Gasteiger partial charge is 0.238 e. The van der Waals surface area contributed by atoms with Gasteiger partial charge in [0, 0.05) is 29.6 Å². The first kappa shape index (κ1) is 21.7. The van der Waals surface area contributed by atoms with Gasteiger partial charge in [-0.05, 0) is 48.6 Å². The molecule has 0 radical (unpaired) electrons. The molecule has 0 amide bonds. The molecule has 9 heteroatoms. The second-order valence-corrected chi connectivity index (χ2v) is 9.00. The Labute approximate surface area is 191 Å². The molecule has 0 fully saturated rings. The summed E-state index contributed by atoms with van der Waals surface area (Å²) in [5.74, 6) is 0. The zero-order chi connectivity index (χ0) is 22.6. The van der Waals surface area contributed by atoms with Gasteiger partial charge < -0.3 is 10.6 Å². The van der Waals surface area contributed by atoms with E-state index in [1.165, 1.54) is 12.1 Å². The van der Waals surface area contributed by atoms with Crippen LogP contribution in [0.5, 0.6) is 0 Å². The summed E-state index contributed by atoms with van der Waals surface area (Å²) in [4.78, 5) is 0.0442. The molecule has 1 aromatic heterocycles. The van der Waals surface area contributed by atoms with Crippen molar-refractivity contribution in [2.75, 3.05) is 5.32 Å². The molecule has 32 heavy (non-hydrogen) atoms. The van der Waals surface area contributed by atoms with Gasteiger partial charge in [0.2, 0.25) is 10.0 Å². The maximum absolute atomic E-state index is 11.4. The molecule has 1 heterocycles. The van der Waals surface area contributed by atoms with Crippen molar-refractivity contribution in [1.82, 2.24) is 15.1 Å². The van der Waals surface area contributed by atoms with Crippen LogP contribution in [0.25, 0.3) is 16.9 Å². The summed E-state index contributed by atoms with van der Waals surface area (Å²) >= 11 is 5.41. The van der Waals surface area contributed by atoms with Crippen molar-refractivity contribution in [3.8, 4) is 16.9 Å². The molecule has 4 aromatic rings. The van der Waals surface area contributed by atoms with Crippen molar-refractivity contribution < 1.29 is 8.42 Å². The number of nitrogens with one attached hydrogen (secondary N) is 2. The highest BCUT2D eigenvalue weighted by Gasteiger charge is 2.13. The van der Waals surface area contributed by atoms with E-state index in [9.17, 15) is 8.42 Å². The van der Waals surface area contributed by atoms with E-state index in [2.05, 4.69) is 10.6 Å². The lowest BCUT2D eigenvalue weighted by molar-refractivity contribution is 0.598. The predicted molar refractivity (Wildman–Crippen MR) is 130 cm³/mol. The summed E-state index contributed by atoms with van der Waals surface area (Å²) in [5.41, 5.74) is 4.47. The zero-order valence-electron chi connectivity index (χ0n) is 17.0. The van der Waals surface area contributed by atoms with Gasteiger partial charge in [0.15, 0.2) is 5.11 Å². The Morgan fingerprint density at radius 1 is 0.938 bits per heavy atom. The SMILES string of the molecule is NS(=O)(=O)c1ccc(NC(=S)NCc2cn(-c3ccccc3)nc2-c2ccccc2)cc1.